The van der Waals surface area contributed by atoms with E-state index in [-0.39, 0.29) is 11.2 Å². The number of halogens is 1. The molecule has 0 aliphatic heterocycles. The van der Waals surface area contributed by atoms with Crippen LogP contribution in [-0.2, 0) is 4.79 Å². The van der Waals surface area contributed by atoms with Crippen molar-refractivity contribution in [3.05, 3.63) is 22.8 Å². The fourth-order valence-corrected chi connectivity index (χ4v) is 1.97. The van der Waals surface area contributed by atoms with E-state index in [2.05, 4.69) is 20.9 Å². The molecule has 1 rings (SSSR count). The molecular weight excluding hydrogens is 252 g/mol. The second-order valence-corrected chi connectivity index (χ2v) is 4.64. The second kappa shape index (κ2) is 4.62. The van der Waals surface area contributed by atoms with Gasteiger partial charge in [-0.1, -0.05) is 11.8 Å². The van der Waals surface area contributed by atoms with Gasteiger partial charge in [0.15, 0.2) is 0 Å². The predicted molar refractivity (Wildman–Crippen MR) is 56.5 cm³/mol. The third-order valence-electron chi connectivity index (χ3n) is 1.41. The number of primary amides is 1. The van der Waals surface area contributed by atoms with Crippen LogP contribution < -0.4 is 5.73 Å². The summed E-state index contributed by atoms with van der Waals surface area (Å²) in [7, 11) is 0. The lowest BCUT2D eigenvalue weighted by Gasteiger charge is -2.06. The molecule has 0 aliphatic rings. The summed E-state index contributed by atoms with van der Waals surface area (Å²) >= 11 is 4.68. The van der Waals surface area contributed by atoms with Crippen molar-refractivity contribution >= 4 is 33.6 Å². The van der Waals surface area contributed by atoms with Crippen molar-refractivity contribution in [2.45, 2.75) is 17.2 Å². The number of carbonyl (C=O) groups is 1. The SMILES string of the molecule is CC(Sc1ncccc1Br)C(N)=O. The van der Waals surface area contributed by atoms with E-state index in [1.54, 1.807) is 13.1 Å². The minimum absolute atomic E-state index is 0.258. The Balaban J connectivity index is 2.74. The van der Waals surface area contributed by atoms with E-state index < -0.39 is 0 Å². The number of aromatic nitrogens is 1. The Bertz CT molecular complexity index is 319. The summed E-state index contributed by atoms with van der Waals surface area (Å²) in [5.74, 6) is -0.331. The van der Waals surface area contributed by atoms with Crippen molar-refractivity contribution < 1.29 is 4.79 Å². The molecule has 0 bridgehead atoms. The standard InChI is InChI=1S/C8H9BrN2OS/c1-5(7(10)12)13-8-6(9)3-2-4-11-8/h2-5H,1H3,(H2,10,12). The van der Waals surface area contributed by atoms with E-state index in [0.29, 0.717) is 0 Å². The van der Waals surface area contributed by atoms with Gasteiger partial charge >= 0.3 is 0 Å². The number of amides is 1. The third-order valence-corrected chi connectivity index (χ3v) is 3.45. The Hall–Kier alpha value is -0.550. The molecule has 1 atom stereocenters. The number of hydrogen-bond donors (Lipinski definition) is 1. The topological polar surface area (TPSA) is 56.0 Å². The zero-order valence-electron chi connectivity index (χ0n) is 7.03. The van der Waals surface area contributed by atoms with Gasteiger partial charge in [0.2, 0.25) is 5.91 Å². The van der Waals surface area contributed by atoms with Crippen LogP contribution in [0, 0.1) is 0 Å². The first-order chi connectivity index (χ1) is 6.11. The van der Waals surface area contributed by atoms with Crippen molar-refractivity contribution in [1.29, 1.82) is 0 Å². The van der Waals surface area contributed by atoms with Gasteiger partial charge < -0.3 is 5.73 Å². The van der Waals surface area contributed by atoms with Gasteiger partial charge in [0.25, 0.3) is 0 Å². The molecule has 5 heteroatoms. The summed E-state index contributed by atoms with van der Waals surface area (Å²) in [6.07, 6.45) is 1.68. The van der Waals surface area contributed by atoms with Crippen LogP contribution in [0.5, 0.6) is 0 Å². The first-order valence-corrected chi connectivity index (χ1v) is 5.35. The smallest absolute Gasteiger partial charge is 0.230 e. The lowest BCUT2D eigenvalue weighted by molar-refractivity contribution is -0.117. The molecule has 1 amide bonds. The fourth-order valence-electron chi connectivity index (χ4n) is 0.683. The minimum Gasteiger partial charge on any atom is -0.369 e. The maximum Gasteiger partial charge on any atom is 0.230 e. The van der Waals surface area contributed by atoms with E-state index in [4.69, 9.17) is 5.73 Å². The average Bonchev–Trinajstić information content (AvgIpc) is 2.08. The van der Waals surface area contributed by atoms with Gasteiger partial charge in [-0.05, 0) is 35.0 Å². The molecule has 70 valence electrons. The number of hydrogen-bond acceptors (Lipinski definition) is 3. The zero-order valence-corrected chi connectivity index (χ0v) is 9.43. The Kier molecular flexibility index (Phi) is 3.74. The van der Waals surface area contributed by atoms with Crippen molar-refractivity contribution in [3.8, 4) is 0 Å². The normalized spacial score (nSPS) is 12.5. The molecule has 2 N–H and O–H groups in total. The minimum atomic E-state index is -0.331. The molecule has 0 saturated heterocycles. The Labute approximate surface area is 89.2 Å². The monoisotopic (exact) mass is 260 g/mol. The van der Waals surface area contributed by atoms with Crippen LogP contribution in [0.2, 0.25) is 0 Å². The van der Waals surface area contributed by atoms with Gasteiger partial charge in [0.05, 0.1) is 5.25 Å². The van der Waals surface area contributed by atoms with E-state index in [1.165, 1.54) is 11.8 Å². The first kappa shape index (κ1) is 10.5. The Morgan fingerprint density at radius 3 is 3.00 bits per heavy atom. The molecule has 13 heavy (non-hydrogen) atoms. The van der Waals surface area contributed by atoms with E-state index in [0.717, 1.165) is 9.50 Å². The maximum absolute atomic E-state index is 10.8. The molecule has 1 aromatic rings. The first-order valence-electron chi connectivity index (χ1n) is 3.67. The van der Waals surface area contributed by atoms with Crippen LogP contribution in [0.15, 0.2) is 27.8 Å². The van der Waals surface area contributed by atoms with Gasteiger partial charge in [-0.15, -0.1) is 0 Å². The molecule has 1 heterocycles. The van der Waals surface area contributed by atoms with Gasteiger partial charge in [0, 0.05) is 10.7 Å². The molecule has 3 nitrogen and oxygen atoms in total. The van der Waals surface area contributed by atoms with Gasteiger partial charge in [-0.2, -0.15) is 0 Å². The van der Waals surface area contributed by atoms with Crippen molar-refractivity contribution in [1.82, 2.24) is 4.98 Å². The number of rotatable bonds is 3. The fraction of sp³-hybridized carbons (Fsp3) is 0.250. The highest BCUT2D eigenvalue weighted by molar-refractivity contribution is 9.10. The third kappa shape index (κ3) is 3.00. The molecule has 0 saturated carbocycles. The number of nitrogens with two attached hydrogens (primary N) is 1. The molecule has 0 radical (unpaired) electrons. The quantitative estimate of drug-likeness (QED) is 0.844. The highest BCUT2D eigenvalue weighted by Crippen LogP contribution is 2.27. The molecule has 0 aliphatic carbocycles. The van der Waals surface area contributed by atoms with Crippen LogP contribution in [0.4, 0.5) is 0 Å². The number of pyridine rings is 1. The Morgan fingerprint density at radius 1 is 1.77 bits per heavy atom. The van der Waals surface area contributed by atoms with Crippen molar-refractivity contribution in [2.75, 3.05) is 0 Å². The molecule has 0 aromatic carbocycles. The molecule has 0 spiro atoms. The van der Waals surface area contributed by atoms with Gasteiger partial charge in [-0.3, -0.25) is 4.79 Å². The highest BCUT2D eigenvalue weighted by Gasteiger charge is 2.12. The van der Waals surface area contributed by atoms with E-state index in [9.17, 15) is 4.79 Å². The summed E-state index contributed by atoms with van der Waals surface area (Å²) in [6, 6.07) is 3.70. The van der Waals surface area contributed by atoms with Gasteiger partial charge in [0.1, 0.15) is 5.03 Å². The van der Waals surface area contributed by atoms with Crippen molar-refractivity contribution in [2.24, 2.45) is 5.73 Å². The number of nitrogens with zero attached hydrogens (tertiary/aromatic N) is 1. The van der Waals surface area contributed by atoms with E-state index in [1.807, 2.05) is 12.1 Å². The maximum atomic E-state index is 10.8. The predicted octanol–water partition coefficient (Wildman–Crippen LogP) is 1.81. The van der Waals surface area contributed by atoms with E-state index >= 15 is 0 Å². The summed E-state index contributed by atoms with van der Waals surface area (Å²) in [4.78, 5) is 14.9. The summed E-state index contributed by atoms with van der Waals surface area (Å²) in [6.45, 7) is 1.76. The molecular formula is C8H9BrN2OS. The van der Waals surface area contributed by atoms with Crippen LogP contribution in [-0.4, -0.2) is 16.1 Å². The second-order valence-electron chi connectivity index (χ2n) is 2.45. The number of thioether (sulfide) groups is 1. The highest BCUT2D eigenvalue weighted by atomic mass is 79.9. The molecule has 0 fully saturated rings. The van der Waals surface area contributed by atoms with Crippen LogP contribution >= 0.6 is 27.7 Å². The Morgan fingerprint density at radius 2 is 2.46 bits per heavy atom. The van der Waals surface area contributed by atoms with Gasteiger partial charge in [-0.25, -0.2) is 4.98 Å². The summed E-state index contributed by atoms with van der Waals surface area (Å²) in [5, 5.41) is 0.528. The van der Waals surface area contributed by atoms with Crippen molar-refractivity contribution in [3.63, 3.8) is 0 Å². The molecule has 1 unspecified atom stereocenters. The lowest BCUT2D eigenvalue weighted by Crippen LogP contribution is -2.22. The largest absolute Gasteiger partial charge is 0.369 e. The summed E-state index contributed by atoms with van der Waals surface area (Å²) in [5.41, 5.74) is 5.13. The molecule has 1 aromatic heterocycles. The number of carbonyl (C=O) groups excluding carboxylic acids is 1. The van der Waals surface area contributed by atoms with Crippen LogP contribution in [0.25, 0.3) is 0 Å². The lowest BCUT2D eigenvalue weighted by atomic mass is 10.5. The summed E-state index contributed by atoms with van der Waals surface area (Å²) < 4.78 is 0.883. The van der Waals surface area contributed by atoms with Crippen LogP contribution in [0.3, 0.4) is 0 Å². The zero-order chi connectivity index (χ0) is 9.84. The average molecular weight is 261 g/mol. The van der Waals surface area contributed by atoms with Crippen LogP contribution in [0.1, 0.15) is 6.92 Å².